The molecule has 1 amide bonds. The van der Waals surface area contributed by atoms with E-state index in [2.05, 4.69) is 31.9 Å². The third-order valence-electron chi connectivity index (χ3n) is 4.87. The van der Waals surface area contributed by atoms with E-state index < -0.39 is 0 Å². The average molecular weight is 404 g/mol. The molecule has 0 unspecified atom stereocenters. The van der Waals surface area contributed by atoms with Crippen LogP contribution in [0.4, 0.5) is 0 Å². The molecule has 0 bridgehead atoms. The summed E-state index contributed by atoms with van der Waals surface area (Å²) in [5, 5.41) is 12.5. The molecule has 8 heteroatoms. The van der Waals surface area contributed by atoms with Gasteiger partial charge in [-0.1, -0.05) is 18.7 Å². The van der Waals surface area contributed by atoms with Gasteiger partial charge in [0.2, 0.25) is 5.91 Å². The van der Waals surface area contributed by atoms with Crippen molar-refractivity contribution in [3.05, 3.63) is 30.1 Å². The van der Waals surface area contributed by atoms with E-state index in [0.29, 0.717) is 6.04 Å². The SMILES string of the molecule is CC[C@H](c1nnc(S[C@H](C)C(=O)NC2CC2)n1-c1ccc(OC)cc1)N(C)C. The van der Waals surface area contributed by atoms with Crippen molar-refractivity contribution >= 4 is 17.7 Å². The van der Waals surface area contributed by atoms with Crippen molar-refractivity contribution in [3.63, 3.8) is 0 Å². The lowest BCUT2D eigenvalue weighted by Crippen LogP contribution is -2.32. The molecule has 3 rings (SSSR count). The fourth-order valence-electron chi connectivity index (χ4n) is 3.08. The number of amides is 1. The molecule has 28 heavy (non-hydrogen) atoms. The first-order valence-corrected chi connectivity index (χ1v) is 10.6. The molecule has 1 aliphatic rings. The van der Waals surface area contributed by atoms with E-state index >= 15 is 0 Å². The maximum absolute atomic E-state index is 12.4. The minimum absolute atomic E-state index is 0.0537. The second-order valence-electron chi connectivity index (χ2n) is 7.30. The largest absolute Gasteiger partial charge is 0.497 e. The highest BCUT2D eigenvalue weighted by molar-refractivity contribution is 8.00. The molecule has 7 nitrogen and oxygen atoms in total. The Morgan fingerprint density at radius 2 is 2.00 bits per heavy atom. The summed E-state index contributed by atoms with van der Waals surface area (Å²) in [6.45, 7) is 4.05. The minimum atomic E-state index is -0.242. The number of hydrogen-bond donors (Lipinski definition) is 1. The van der Waals surface area contributed by atoms with Crippen LogP contribution in [0.15, 0.2) is 29.4 Å². The topological polar surface area (TPSA) is 72.3 Å². The minimum Gasteiger partial charge on any atom is -0.497 e. The molecule has 1 aromatic heterocycles. The van der Waals surface area contributed by atoms with Gasteiger partial charge in [-0.3, -0.25) is 14.3 Å². The number of methoxy groups -OCH3 is 1. The fraction of sp³-hybridized carbons (Fsp3) is 0.550. The van der Waals surface area contributed by atoms with Gasteiger partial charge < -0.3 is 10.1 Å². The summed E-state index contributed by atoms with van der Waals surface area (Å²) in [5.41, 5.74) is 0.957. The maximum atomic E-state index is 12.4. The van der Waals surface area contributed by atoms with Gasteiger partial charge in [0, 0.05) is 11.7 Å². The van der Waals surface area contributed by atoms with E-state index in [9.17, 15) is 4.79 Å². The molecular formula is C20H29N5O2S. The molecule has 1 fully saturated rings. The van der Waals surface area contributed by atoms with Crippen LogP contribution in [0.25, 0.3) is 5.69 Å². The number of nitrogens with one attached hydrogen (secondary N) is 1. The van der Waals surface area contributed by atoms with Crippen molar-refractivity contribution in [2.24, 2.45) is 0 Å². The molecule has 0 saturated heterocycles. The van der Waals surface area contributed by atoms with Gasteiger partial charge in [0.25, 0.3) is 0 Å². The smallest absolute Gasteiger partial charge is 0.233 e. The zero-order valence-corrected chi connectivity index (χ0v) is 18.0. The van der Waals surface area contributed by atoms with Gasteiger partial charge in [-0.2, -0.15) is 0 Å². The maximum Gasteiger partial charge on any atom is 0.233 e. The van der Waals surface area contributed by atoms with E-state index in [0.717, 1.165) is 41.7 Å². The molecular weight excluding hydrogens is 374 g/mol. The summed E-state index contributed by atoms with van der Waals surface area (Å²) in [4.78, 5) is 14.6. The van der Waals surface area contributed by atoms with Crippen LogP contribution >= 0.6 is 11.8 Å². The van der Waals surface area contributed by atoms with Crippen LogP contribution in [-0.4, -0.2) is 58.1 Å². The van der Waals surface area contributed by atoms with Crippen LogP contribution in [0, 0.1) is 0 Å². The van der Waals surface area contributed by atoms with E-state index in [1.54, 1.807) is 7.11 Å². The molecule has 1 heterocycles. The molecule has 2 atom stereocenters. The first-order valence-electron chi connectivity index (χ1n) is 9.67. The summed E-state index contributed by atoms with van der Waals surface area (Å²) in [6.07, 6.45) is 3.07. The number of thioether (sulfide) groups is 1. The van der Waals surface area contributed by atoms with Crippen LogP contribution in [0.1, 0.15) is 45.0 Å². The summed E-state index contributed by atoms with van der Waals surface area (Å²) in [5.74, 6) is 1.72. The van der Waals surface area contributed by atoms with E-state index in [-0.39, 0.29) is 17.2 Å². The fourth-order valence-corrected chi connectivity index (χ4v) is 3.97. The van der Waals surface area contributed by atoms with Crippen molar-refractivity contribution in [3.8, 4) is 11.4 Å². The summed E-state index contributed by atoms with van der Waals surface area (Å²) >= 11 is 1.44. The Labute approximate surface area is 170 Å². The van der Waals surface area contributed by atoms with Gasteiger partial charge in [0.05, 0.1) is 18.4 Å². The zero-order chi connectivity index (χ0) is 20.3. The number of carbonyl (C=O) groups is 1. The average Bonchev–Trinajstić information content (AvgIpc) is 3.41. The highest BCUT2D eigenvalue weighted by Crippen LogP contribution is 2.31. The van der Waals surface area contributed by atoms with Crippen molar-refractivity contribution in [1.29, 1.82) is 0 Å². The standard InChI is InChI=1S/C20H29N5O2S/c1-6-17(24(3)4)18-22-23-20(28-13(2)19(26)21-14-7-8-14)25(18)15-9-11-16(27-5)12-10-15/h9-14,17H,6-8H2,1-5H3,(H,21,26)/t13-,17-/m1/s1. The van der Waals surface area contributed by atoms with Gasteiger partial charge in [0.1, 0.15) is 5.75 Å². The molecule has 1 N–H and O–H groups in total. The first kappa shape index (κ1) is 20.7. The Bertz CT molecular complexity index is 801. The predicted molar refractivity (Wildman–Crippen MR) is 111 cm³/mol. The number of aromatic nitrogens is 3. The zero-order valence-electron chi connectivity index (χ0n) is 17.2. The van der Waals surface area contributed by atoms with Crippen LogP contribution in [-0.2, 0) is 4.79 Å². The van der Waals surface area contributed by atoms with Crippen LogP contribution in [0.2, 0.25) is 0 Å². The third-order valence-corrected chi connectivity index (χ3v) is 5.91. The highest BCUT2D eigenvalue weighted by Gasteiger charge is 2.28. The number of benzene rings is 1. The summed E-state index contributed by atoms with van der Waals surface area (Å²) in [7, 11) is 5.74. The van der Waals surface area contributed by atoms with Gasteiger partial charge in [-0.15, -0.1) is 10.2 Å². The number of nitrogens with zero attached hydrogens (tertiary/aromatic N) is 4. The Balaban J connectivity index is 1.94. The van der Waals surface area contributed by atoms with Crippen LogP contribution in [0.5, 0.6) is 5.75 Å². The number of rotatable bonds is 9. The monoisotopic (exact) mass is 403 g/mol. The number of hydrogen-bond acceptors (Lipinski definition) is 6. The molecule has 152 valence electrons. The number of carbonyl (C=O) groups excluding carboxylic acids is 1. The Kier molecular flexibility index (Phi) is 6.61. The quantitative estimate of drug-likeness (QED) is 0.649. The molecule has 0 radical (unpaired) electrons. The van der Waals surface area contributed by atoms with E-state index in [1.807, 2.05) is 45.3 Å². The van der Waals surface area contributed by atoms with Crippen molar-refractivity contribution < 1.29 is 9.53 Å². The molecule has 0 spiro atoms. The van der Waals surface area contributed by atoms with Crippen molar-refractivity contribution in [1.82, 2.24) is 25.0 Å². The number of ether oxygens (including phenoxy) is 1. The summed E-state index contributed by atoms with van der Waals surface area (Å²) in [6, 6.07) is 8.31. The lowest BCUT2D eigenvalue weighted by atomic mass is 10.2. The Morgan fingerprint density at radius 1 is 1.32 bits per heavy atom. The molecule has 1 saturated carbocycles. The van der Waals surface area contributed by atoms with Crippen LogP contribution in [0.3, 0.4) is 0 Å². The molecule has 2 aromatic rings. The molecule has 0 aliphatic heterocycles. The van der Waals surface area contributed by atoms with E-state index in [4.69, 9.17) is 4.74 Å². The Hall–Kier alpha value is -2.06. The van der Waals surface area contributed by atoms with Gasteiger partial charge in [-0.05, 0) is 64.5 Å². The van der Waals surface area contributed by atoms with Crippen molar-refractivity contribution in [2.45, 2.75) is 55.6 Å². The van der Waals surface area contributed by atoms with Crippen molar-refractivity contribution in [2.75, 3.05) is 21.2 Å². The van der Waals surface area contributed by atoms with Gasteiger partial charge in [-0.25, -0.2) is 0 Å². The second-order valence-corrected chi connectivity index (χ2v) is 8.61. The molecule has 1 aliphatic carbocycles. The van der Waals surface area contributed by atoms with E-state index in [1.165, 1.54) is 11.8 Å². The normalized spacial score (nSPS) is 16.1. The predicted octanol–water partition coefficient (Wildman–Crippen LogP) is 3.05. The lowest BCUT2D eigenvalue weighted by Gasteiger charge is -2.23. The van der Waals surface area contributed by atoms with Gasteiger partial charge >= 0.3 is 0 Å². The first-order chi connectivity index (χ1) is 13.4. The lowest BCUT2D eigenvalue weighted by molar-refractivity contribution is -0.120. The third kappa shape index (κ3) is 4.67. The molecule has 1 aromatic carbocycles. The highest BCUT2D eigenvalue weighted by atomic mass is 32.2. The Morgan fingerprint density at radius 3 is 2.54 bits per heavy atom. The second kappa shape index (κ2) is 8.96. The van der Waals surface area contributed by atoms with Crippen LogP contribution < -0.4 is 10.1 Å². The summed E-state index contributed by atoms with van der Waals surface area (Å²) < 4.78 is 7.34. The van der Waals surface area contributed by atoms with Gasteiger partial charge in [0.15, 0.2) is 11.0 Å².